The van der Waals surface area contributed by atoms with E-state index in [0.717, 1.165) is 12.1 Å². The van der Waals surface area contributed by atoms with Crippen LogP contribution in [0.3, 0.4) is 0 Å². The van der Waals surface area contributed by atoms with Crippen molar-refractivity contribution in [2.45, 2.75) is 0 Å². The smallest absolute Gasteiger partial charge is 0.260 e. The molecule has 0 aliphatic rings. The molecule has 3 aromatic rings. The molecule has 9 heteroatoms. The Kier molecular flexibility index (Phi) is 2.44. The van der Waals surface area contributed by atoms with Crippen molar-refractivity contribution >= 4 is 5.69 Å². The molecule has 1 aromatic carbocycles. The van der Waals surface area contributed by atoms with E-state index in [2.05, 4.69) is 25.3 Å². The highest BCUT2D eigenvalue weighted by Crippen LogP contribution is 2.27. The van der Waals surface area contributed by atoms with E-state index in [1.807, 2.05) is 0 Å². The normalized spacial score (nSPS) is 10.8. The van der Waals surface area contributed by atoms with Gasteiger partial charge in [-0.1, -0.05) is 5.16 Å². The zero-order valence-electron chi connectivity index (χ0n) is 9.26. The van der Waals surface area contributed by atoms with Crippen LogP contribution in [0.5, 0.6) is 0 Å². The number of nitrogens with zero attached hydrogens (tertiary/aromatic N) is 4. The van der Waals surface area contributed by atoms with Gasteiger partial charge in [0.05, 0.1) is 5.56 Å². The van der Waals surface area contributed by atoms with Gasteiger partial charge in [-0.15, -0.1) is 0 Å². The predicted octanol–water partition coefficient (Wildman–Crippen LogP) is 1.38. The summed E-state index contributed by atoms with van der Waals surface area (Å²) >= 11 is 0. The van der Waals surface area contributed by atoms with Gasteiger partial charge in [-0.2, -0.15) is 10.1 Å². The lowest BCUT2D eigenvalue weighted by Gasteiger charge is -2.01. The standard InChI is InChI=1S/C10H6F2N6O/c11-5-1-4(7(13)2-6(5)12)10-16-9(18-19-10)8-14-3-15-17-8/h1-3H,13H2,(H,14,15,17). The molecule has 0 spiro atoms. The second kappa shape index (κ2) is 4.12. The summed E-state index contributed by atoms with van der Waals surface area (Å²) in [5.74, 6) is -1.71. The van der Waals surface area contributed by atoms with Crippen LogP contribution in [0.2, 0.25) is 0 Å². The fourth-order valence-electron chi connectivity index (χ4n) is 1.49. The third-order valence-corrected chi connectivity index (χ3v) is 2.38. The number of aromatic amines is 1. The summed E-state index contributed by atoms with van der Waals surface area (Å²) in [4.78, 5) is 7.80. The minimum absolute atomic E-state index is 0.00771. The Hall–Kier alpha value is -2.84. The van der Waals surface area contributed by atoms with Crippen LogP contribution in [0.4, 0.5) is 14.5 Å². The lowest BCUT2D eigenvalue weighted by Crippen LogP contribution is -1.95. The Morgan fingerprint density at radius 2 is 2.00 bits per heavy atom. The van der Waals surface area contributed by atoms with Crippen LogP contribution in [0.1, 0.15) is 0 Å². The number of hydrogen-bond donors (Lipinski definition) is 2. The summed E-state index contributed by atoms with van der Waals surface area (Å²) < 4.78 is 31.1. The molecule has 0 amide bonds. The number of benzene rings is 1. The molecule has 0 aliphatic heterocycles. The summed E-state index contributed by atoms with van der Waals surface area (Å²) in [6.07, 6.45) is 1.28. The van der Waals surface area contributed by atoms with Gasteiger partial charge in [-0.25, -0.2) is 13.8 Å². The molecule has 0 radical (unpaired) electrons. The average Bonchev–Trinajstić information content (AvgIpc) is 3.03. The number of aromatic nitrogens is 5. The van der Waals surface area contributed by atoms with Gasteiger partial charge in [-0.05, 0) is 6.07 Å². The fourth-order valence-corrected chi connectivity index (χ4v) is 1.49. The lowest BCUT2D eigenvalue weighted by molar-refractivity contribution is 0.431. The van der Waals surface area contributed by atoms with Crippen molar-refractivity contribution in [3.8, 4) is 23.1 Å². The van der Waals surface area contributed by atoms with Crippen molar-refractivity contribution in [2.75, 3.05) is 5.73 Å². The molecule has 0 aliphatic carbocycles. The molecule has 3 N–H and O–H groups in total. The number of rotatable bonds is 2. The molecule has 0 fully saturated rings. The van der Waals surface area contributed by atoms with E-state index in [1.165, 1.54) is 6.33 Å². The zero-order valence-corrected chi connectivity index (χ0v) is 9.26. The third-order valence-electron chi connectivity index (χ3n) is 2.38. The van der Waals surface area contributed by atoms with Crippen molar-refractivity contribution in [2.24, 2.45) is 0 Å². The highest BCUT2D eigenvalue weighted by atomic mass is 19.2. The maximum absolute atomic E-state index is 13.2. The molecule has 19 heavy (non-hydrogen) atoms. The molecule has 3 rings (SSSR count). The first kappa shape index (κ1) is 11.3. The number of H-pyrrole nitrogens is 1. The Morgan fingerprint density at radius 1 is 1.21 bits per heavy atom. The Labute approximate surface area is 104 Å². The van der Waals surface area contributed by atoms with Crippen LogP contribution in [0.15, 0.2) is 23.0 Å². The van der Waals surface area contributed by atoms with Crippen molar-refractivity contribution in [1.82, 2.24) is 25.3 Å². The van der Waals surface area contributed by atoms with Gasteiger partial charge in [0, 0.05) is 11.8 Å². The van der Waals surface area contributed by atoms with Gasteiger partial charge in [0.2, 0.25) is 5.82 Å². The number of halogens is 2. The third kappa shape index (κ3) is 1.90. The van der Waals surface area contributed by atoms with Crippen LogP contribution in [0.25, 0.3) is 23.1 Å². The van der Waals surface area contributed by atoms with Crippen LogP contribution in [0, 0.1) is 11.6 Å². The number of nitrogens with two attached hydrogens (primary N) is 1. The molecule has 0 atom stereocenters. The maximum atomic E-state index is 13.2. The number of nitrogens with one attached hydrogen (secondary N) is 1. The second-order valence-electron chi connectivity index (χ2n) is 3.61. The first-order valence-electron chi connectivity index (χ1n) is 5.09. The van der Waals surface area contributed by atoms with Crippen molar-refractivity contribution < 1.29 is 13.3 Å². The average molecular weight is 264 g/mol. The van der Waals surface area contributed by atoms with Gasteiger partial charge in [0.25, 0.3) is 5.89 Å². The van der Waals surface area contributed by atoms with Crippen molar-refractivity contribution in [1.29, 1.82) is 0 Å². The molecule has 0 saturated heterocycles. The SMILES string of the molecule is Nc1cc(F)c(F)cc1-c1nc(-c2ncn[nH]2)no1. The van der Waals surface area contributed by atoms with Crippen LogP contribution in [-0.4, -0.2) is 25.3 Å². The summed E-state index contributed by atoms with van der Waals surface area (Å²) in [5, 5.41) is 9.81. The Morgan fingerprint density at radius 3 is 2.74 bits per heavy atom. The van der Waals surface area contributed by atoms with Gasteiger partial charge in [0.1, 0.15) is 6.33 Å². The summed E-state index contributed by atoms with van der Waals surface area (Å²) in [6.45, 7) is 0. The highest BCUT2D eigenvalue weighted by Gasteiger charge is 2.17. The van der Waals surface area contributed by atoms with Gasteiger partial charge in [0.15, 0.2) is 17.5 Å². The van der Waals surface area contributed by atoms with Crippen molar-refractivity contribution in [3.63, 3.8) is 0 Å². The lowest BCUT2D eigenvalue weighted by atomic mass is 10.1. The fraction of sp³-hybridized carbons (Fsp3) is 0. The van der Waals surface area contributed by atoms with Crippen molar-refractivity contribution in [3.05, 3.63) is 30.1 Å². The Bertz CT molecular complexity index is 724. The number of hydrogen-bond acceptors (Lipinski definition) is 6. The number of nitrogen functional groups attached to an aromatic ring is 1. The largest absolute Gasteiger partial charge is 0.398 e. The Balaban J connectivity index is 2.06. The monoisotopic (exact) mass is 264 g/mol. The molecule has 0 unspecified atom stereocenters. The molecular formula is C10H6F2N6O. The molecule has 2 aromatic heterocycles. The minimum atomic E-state index is -1.05. The van der Waals surface area contributed by atoms with E-state index in [0.29, 0.717) is 0 Å². The zero-order chi connectivity index (χ0) is 13.4. The molecular weight excluding hydrogens is 258 g/mol. The van der Waals surface area contributed by atoms with E-state index in [4.69, 9.17) is 10.3 Å². The first-order valence-corrected chi connectivity index (χ1v) is 5.09. The maximum Gasteiger partial charge on any atom is 0.260 e. The van der Waals surface area contributed by atoms with Crippen LogP contribution < -0.4 is 5.73 Å². The van der Waals surface area contributed by atoms with E-state index >= 15 is 0 Å². The summed E-state index contributed by atoms with van der Waals surface area (Å²) in [7, 11) is 0. The van der Waals surface area contributed by atoms with Gasteiger partial charge < -0.3 is 10.3 Å². The van der Waals surface area contributed by atoms with E-state index in [-0.39, 0.29) is 28.8 Å². The molecule has 2 heterocycles. The van der Waals surface area contributed by atoms with Gasteiger partial charge in [-0.3, -0.25) is 5.10 Å². The number of anilines is 1. The highest BCUT2D eigenvalue weighted by molar-refractivity contribution is 5.71. The molecule has 0 saturated carbocycles. The molecule has 7 nitrogen and oxygen atoms in total. The second-order valence-corrected chi connectivity index (χ2v) is 3.61. The molecule has 0 bridgehead atoms. The summed E-state index contributed by atoms with van der Waals surface area (Å²) in [6, 6.07) is 1.74. The van der Waals surface area contributed by atoms with Crippen LogP contribution >= 0.6 is 0 Å². The van der Waals surface area contributed by atoms with Crippen LogP contribution in [-0.2, 0) is 0 Å². The minimum Gasteiger partial charge on any atom is -0.398 e. The van der Waals surface area contributed by atoms with E-state index in [1.54, 1.807) is 0 Å². The summed E-state index contributed by atoms with van der Waals surface area (Å²) in [5.41, 5.74) is 5.68. The van der Waals surface area contributed by atoms with E-state index < -0.39 is 11.6 Å². The predicted molar refractivity (Wildman–Crippen MR) is 59.4 cm³/mol. The first-order chi connectivity index (χ1) is 9.15. The van der Waals surface area contributed by atoms with Gasteiger partial charge >= 0.3 is 0 Å². The molecule has 96 valence electrons. The quantitative estimate of drug-likeness (QED) is 0.677. The topological polar surface area (TPSA) is 107 Å². The van der Waals surface area contributed by atoms with E-state index in [9.17, 15) is 8.78 Å².